The van der Waals surface area contributed by atoms with Crippen LogP contribution in [0.4, 0.5) is 0 Å². The number of hydrogen-bond donors (Lipinski definition) is 2. The molecule has 2 aromatic heterocycles. The topological polar surface area (TPSA) is 73.7 Å². The van der Waals surface area contributed by atoms with Crippen molar-refractivity contribution >= 4 is 11.6 Å². The monoisotopic (exact) mass is 268 g/mol. The number of nitrogens with zero attached hydrogens (tertiary/aromatic N) is 4. The lowest BCUT2D eigenvalue weighted by atomic mass is 10.1. The summed E-state index contributed by atoms with van der Waals surface area (Å²) in [7, 11) is 3.76. The molecule has 0 aromatic carbocycles. The van der Waals surface area contributed by atoms with Gasteiger partial charge in [0.05, 0.1) is 11.7 Å². The minimum Gasteiger partial charge on any atom is -0.337 e. The van der Waals surface area contributed by atoms with Gasteiger partial charge in [-0.25, -0.2) is 10.4 Å². The second-order valence-corrected chi connectivity index (χ2v) is 4.66. The van der Waals surface area contributed by atoms with Crippen LogP contribution in [0.3, 0.4) is 0 Å². The van der Waals surface area contributed by atoms with Crippen LogP contribution in [-0.2, 0) is 20.5 Å². The third kappa shape index (κ3) is 2.27. The zero-order valence-corrected chi connectivity index (χ0v) is 11.4. The average molecular weight is 269 g/mol. The SMILES string of the molecule is Cc1nn(C)c(Cl)c1CC(NN)c1nccn1C. The van der Waals surface area contributed by atoms with E-state index in [0.717, 1.165) is 17.1 Å². The average Bonchev–Trinajstić information content (AvgIpc) is 2.84. The van der Waals surface area contributed by atoms with Gasteiger partial charge < -0.3 is 4.57 Å². The molecule has 0 fully saturated rings. The zero-order valence-electron chi connectivity index (χ0n) is 10.7. The number of hydrogen-bond acceptors (Lipinski definition) is 4. The van der Waals surface area contributed by atoms with Gasteiger partial charge in [0.2, 0.25) is 0 Å². The Morgan fingerprint density at radius 1 is 1.50 bits per heavy atom. The minimum atomic E-state index is -0.0922. The number of rotatable bonds is 4. The third-order valence-electron chi connectivity index (χ3n) is 3.05. The minimum absolute atomic E-state index is 0.0922. The van der Waals surface area contributed by atoms with Gasteiger partial charge in [0.1, 0.15) is 11.0 Å². The molecule has 18 heavy (non-hydrogen) atoms. The Kier molecular flexibility index (Phi) is 3.70. The fourth-order valence-corrected chi connectivity index (χ4v) is 2.30. The van der Waals surface area contributed by atoms with Crippen LogP contribution in [0, 0.1) is 6.92 Å². The van der Waals surface area contributed by atoms with Crippen LogP contribution in [0.1, 0.15) is 23.1 Å². The highest BCUT2D eigenvalue weighted by Gasteiger charge is 2.20. The van der Waals surface area contributed by atoms with Gasteiger partial charge in [-0.3, -0.25) is 10.5 Å². The van der Waals surface area contributed by atoms with Crippen molar-refractivity contribution in [2.75, 3.05) is 0 Å². The molecule has 0 saturated carbocycles. The van der Waals surface area contributed by atoms with E-state index in [9.17, 15) is 0 Å². The van der Waals surface area contributed by atoms with E-state index in [4.69, 9.17) is 17.4 Å². The van der Waals surface area contributed by atoms with Crippen molar-refractivity contribution in [2.45, 2.75) is 19.4 Å². The van der Waals surface area contributed by atoms with Gasteiger partial charge in [-0.2, -0.15) is 5.10 Å². The van der Waals surface area contributed by atoms with Gasteiger partial charge in [-0.15, -0.1) is 0 Å². The summed E-state index contributed by atoms with van der Waals surface area (Å²) < 4.78 is 3.60. The van der Waals surface area contributed by atoms with E-state index in [0.29, 0.717) is 11.6 Å². The second kappa shape index (κ2) is 5.09. The number of aromatic nitrogens is 4. The summed E-state index contributed by atoms with van der Waals surface area (Å²) in [4.78, 5) is 4.30. The highest BCUT2D eigenvalue weighted by atomic mass is 35.5. The molecule has 2 heterocycles. The first-order valence-corrected chi connectivity index (χ1v) is 6.03. The van der Waals surface area contributed by atoms with Crippen LogP contribution in [0.2, 0.25) is 5.15 Å². The molecule has 0 spiro atoms. The Morgan fingerprint density at radius 3 is 2.67 bits per heavy atom. The molecular formula is C11H17ClN6. The molecule has 0 aliphatic heterocycles. The van der Waals surface area contributed by atoms with E-state index in [1.165, 1.54) is 0 Å². The van der Waals surface area contributed by atoms with Crippen molar-refractivity contribution in [1.29, 1.82) is 0 Å². The van der Waals surface area contributed by atoms with Crippen molar-refractivity contribution in [3.05, 3.63) is 34.6 Å². The Labute approximate surface area is 111 Å². The lowest BCUT2D eigenvalue weighted by molar-refractivity contribution is 0.506. The van der Waals surface area contributed by atoms with Crippen LogP contribution in [0.15, 0.2) is 12.4 Å². The third-order valence-corrected chi connectivity index (χ3v) is 3.52. The smallest absolute Gasteiger partial charge is 0.130 e. The van der Waals surface area contributed by atoms with Gasteiger partial charge in [-0.1, -0.05) is 11.6 Å². The van der Waals surface area contributed by atoms with E-state index < -0.39 is 0 Å². The van der Waals surface area contributed by atoms with Gasteiger partial charge >= 0.3 is 0 Å². The fourth-order valence-electron chi connectivity index (χ4n) is 2.05. The van der Waals surface area contributed by atoms with Crippen molar-refractivity contribution in [1.82, 2.24) is 24.8 Å². The number of nitrogens with two attached hydrogens (primary N) is 1. The quantitative estimate of drug-likeness (QED) is 0.637. The number of aryl methyl sites for hydroxylation is 3. The van der Waals surface area contributed by atoms with Gasteiger partial charge in [0.25, 0.3) is 0 Å². The van der Waals surface area contributed by atoms with Crippen molar-refractivity contribution in [2.24, 2.45) is 19.9 Å². The van der Waals surface area contributed by atoms with Crippen molar-refractivity contribution in [3.8, 4) is 0 Å². The van der Waals surface area contributed by atoms with Crippen LogP contribution in [-0.4, -0.2) is 19.3 Å². The molecule has 2 rings (SSSR count). The molecule has 0 amide bonds. The maximum absolute atomic E-state index is 6.22. The molecular weight excluding hydrogens is 252 g/mol. The zero-order chi connectivity index (χ0) is 13.3. The standard InChI is InChI=1S/C11H17ClN6/c1-7-8(10(12)18(3)16-7)6-9(15-13)11-14-4-5-17(11)2/h4-5,9,15H,6,13H2,1-3H3. The van der Waals surface area contributed by atoms with E-state index in [-0.39, 0.29) is 6.04 Å². The van der Waals surface area contributed by atoms with Gasteiger partial charge in [0, 0.05) is 38.5 Å². The van der Waals surface area contributed by atoms with Crippen LogP contribution in [0.25, 0.3) is 0 Å². The number of imidazole rings is 1. The molecule has 7 heteroatoms. The first-order chi connectivity index (χ1) is 8.54. The highest BCUT2D eigenvalue weighted by molar-refractivity contribution is 6.30. The maximum atomic E-state index is 6.22. The lowest BCUT2D eigenvalue weighted by Crippen LogP contribution is -2.31. The molecule has 0 bridgehead atoms. The molecule has 3 N–H and O–H groups in total. The molecule has 0 radical (unpaired) electrons. The summed E-state index contributed by atoms with van der Waals surface area (Å²) in [6.07, 6.45) is 4.29. The van der Waals surface area contributed by atoms with Gasteiger partial charge in [0.15, 0.2) is 0 Å². The first-order valence-electron chi connectivity index (χ1n) is 5.66. The second-order valence-electron chi connectivity index (χ2n) is 4.30. The van der Waals surface area contributed by atoms with Crippen molar-refractivity contribution < 1.29 is 0 Å². The predicted molar refractivity (Wildman–Crippen MR) is 69.9 cm³/mol. The van der Waals surface area contributed by atoms with E-state index >= 15 is 0 Å². The summed E-state index contributed by atoms with van der Waals surface area (Å²) in [5.41, 5.74) is 4.68. The summed E-state index contributed by atoms with van der Waals surface area (Å²) in [6, 6.07) is -0.0922. The number of hydrazine groups is 1. The Balaban J connectivity index is 2.29. The number of nitrogens with one attached hydrogen (secondary N) is 1. The molecule has 1 unspecified atom stereocenters. The molecule has 0 aliphatic rings. The predicted octanol–water partition coefficient (Wildman–Crippen LogP) is 0.863. The van der Waals surface area contributed by atoms with Crippen LogP contribution >= 0.6 is 11.6 Å². The highest BCUT2D eigenvalue weighted by Crippen LogP contribution is 2.24. The fraction of sp³-hybridized carbons (Fsp3) is 0.455. The Bertz CT molecular complexity index is 544. The van der Waals surface area contributed by atoms with E-state index in [2.05, 4.69) is 15.5 Å². The molecule has 98 valence electrons. The molecule has 0 saturated heterocycles. The Morgan fingerprint density at radius 2 is 2.22 bits per heavy atom. The lowest BCUT2D eigenvalue weighted by Gasteiger charge is -2.15. The van der Waals surface area contributed by atoms with Crippen LogP contribution in [0.5, 0.6) is 0 Å². The van der Waals surface area contributed by atoms with E-state index in [1.54, 1.807) is 10.9 Å². The first kappa shape index (κ1) is 13.1. The summed E-state index contributed by atoms with van der Waals surface area (Å²) >= 11 is 6.22. The normalized spacial score (nSPS) is 12.9. The number of halogens is 1. The molecule has 2 aromatic rings. The van der Waals surface area contributed by atoms with Gasteiger partial charge in [-0.05, 0) is 6.92 Å². The Hall–Kier alpha value is -1.37. The molecule has 0 aliphatic carbocycles. The molecule has 1 atom stereocenters. The summed E-state index contributed by atoms with van der Waals surface area (Å²) in [5, 5.41) is 4.93. The van der Waals surface area contributed by atoms with E-state index in [1.807, 2.05) is 31.8 Å². The van der Waals surface area contributed by atoms with Crippen molar-refractivity contribution in [3.63, 3.8) is 0 Å². The summed E-state index contributed by atoms with van der Waals surface area (Å²) in [6.45, 7) is 1.94. The van der Waals surface area contributed by atoms with Crippen LogP contribution < -0.4 is 11.3 Å². The largest absolute Gasteiger partial charge is 0.337 e. The summed E-state index contributed by atoms with van der Waals surface area (Å²) in [5.74, 6) is 6.49. The maximum Gasteiger partial charge on any atom is 0.130 e. The molecule has 6 nitrogen and oxygen atoms in total.